The Labute approximate surface area is 145 Å². The molecule has 0 spiro atoms. The third kappa shape index (κ3) is 2.89. The number of carbonyl (C=O) groups is 2. The van der Waals surface area contributed by atoms with Crippen LogP contribution < -0.4 is 0 Å². The van der Waals surface area contributed by atoms with Gasteiger partial charge in [0.25, 0.3) is 0 Å². The molecule has 4 aliphatic carbocycles. The van der Waals surface area contributed by atoms with E-state index in [4.69, 9.17) is 9.47 Å². The van der Waals surface area contributed by atoms with Gasteiger partial charge in [-0.05, 0) is 63.7 Å². The molecule has 0 N–H and O–H groups in total. The molecule has 2 atom stereocenters. The van der Waals surface area contributed by atoms with Gasteiger partial charge in [-0.25, -0.2) is 4.79 Å². The zero-order valence-corrected chi connectivity index (χ0v) is 15.7. The van der Waals surface area contributed by atoms with E-state index in [0.29, 0.717) is 6.42 Å². The van der Waals surface area contributed by atoms with E-state index < -0.39 is 16.6 Å². The maximum atomic E-state index is 13.1. The summed E-state index contributed by atoms with van der Waals surface area (Å²) < 4.78 is 11.7. The van der Waals surface area contributed by atoms with Crippen molar-refractivity contribution in [3.05, 3.63) is 12.7 Å². The first-order valence-electron chi connectivity index (χ1n) is 8.91. The fourth-order valence-electron chi connectivity index (χ4n) is 6.55. The van der Waals surface area contributed by atoms with Gasteiger partial charge in [0.05, 0.1) is 5.41 Å². The van der Waals surface area contributed by atoms with Crippen LogP contribution in [0.3, 0.4) is 0 Å². The van der Waals surface area contributed by atoms with Crippen LogP contribution in [0, 0.1) is 16.2 Å². The Morgan fingerprint density at radius 3 is 1.96 bits per heavy atom. The summed E-state index contributed by atoms with van der Waals surface area (Å²) >= 11 is 0. The predicted octanol–water partition coefficient (Wildman–Crippen LogP) is 4.18. The third-order valence-corrected chi connectivity index (χ3v) is 5.86. The number of ether oxygens (including phenoxy) is 2. The average Bonchev–Trinajstić information content (AvgIpc) is 2.31. The second-order valence-corrected chi connectivity index (χ2v) is 10.3. The van der Waals surface area contributed by atoms with Crippen LogP contribution in [0.1, 0.15) is 73.1 Å². The van der Waals surface area contributed by atoms with Crippen molar-refractivity contribution in [3.63, 3.8) is 0 Å². The van der Waals surface area contributed by atoms with Crippen LogP contribution in [0.5, 0.6) is 0 Å². The van der Waals surface area contributed by atoms with E-state index >= 15 is 0 Å². The molecule has 4 heteroatoms. The summed E-state index contributed by atoms with van der Waals surface area (Å²) in [4.78, 5) is 25.1. The molecule has 4 fully saturated rings. The Balaban J connectivity index is 1.98. The van der Waals surface area contributed by atoms with Crippen LogP contribution >= 0.6 is 0 Å². The van der Waals surface area contributed by atoms with E-state index in [1.165, 1.54) is 6.08 Å². The maximum Gasteiger partial charge on any atom is 0.330 e. The number of esters is 2. The molecule has 0 aromatic heterocycles. The first-order chi connectivity index (χ1) is 10.8. The minimum Gasteiger partial charge on any atom is -0.460 e. The number of rotatable bonds is 3. The Hall–Kier alpha value is -1.32. The van der Waals surface area contributed by atoms with Crippen molar-refractivity contribution in [2.75, 3.05) is 0 Å². The lowest BCUT2D eigenvalue weighted by Gasteiger charge is -2.67. The van der Waals surface area contributed by atoms with Gasteiger partial charge < -0.3 is 9.47 Å². The summed E-state index contributed by atoms with van der Waals surface area (Å²) in [6.45, 7) is 13.7. The molecule has 24 heavy (non-hydrogen) atoms. The molecule has 4 bridgehead atoms. The minimum absolute atomic E-state index is 0.0157. The Morgan fingerprint density at radius 1 is 0.958 bits per heavy atom. The van der Waals surface area contributed by atoms with E-state index in [9.17, 15) is 9.59 Å². The Kier molecular flexibility index (Phi) is 3.54. The highest BCUT2D eigenvalue weighted by molar-refractivity contribution is 5.82. The summed E-state index contributed by atoms with van der Waals surface area (Å²) in [5, 5.41) is 0. The van der Waals surface area contributed by atoms with Crippen LogP contribution in [0.15, 0.2) is 12.7 Å². The standard InChI is InChI=1S/C20H30O4/c1-7-14(21)23-20-11-17(5)8-18(6,12-20)10-19(9-17,13-20)15(22)24-16(2,3)4/h7H,1,8-13H2,2-6H3. The molecule has 4 nitrogen and oxygen atoms in total. The van der Waals surface area contributed by atoms with Gasteiger partial charge in [0, 0.05) is 12.5 Å². The maximum absolute atomic E-state index is 13.1. The molecule has 134 valence electrons. The number of hydrogen-bond acceptors (Lipinski definition) is 4. The van der Waals surface area contributed by atoms with E-state index in [1.54, 1.807) is 0 Å². The molecule has 0 aliphatic heterocycles. The molecular weight excluding hydrogens is 304 g/mol. The largest absolute Gasteiger partial charge is 0.460 e. The molecule has 0 heterocycles. The second-order valence-electron chi connectivity index (χ2n) is 10.3. The summed E-state index contributed by atoms with van der Waals surface area (Å²) in [5.41, 5.74) is -1.57. The molecule has 2 unspecified atom stereocenters. The van der Waals surface area contributed by atoms with Crippen LogP contribution in [0.4, 0.5) is 0 Å². The quantitative estimate of drug-likeness (QED) is 0.574. The highest BCUT2D eigenvalue weighted by Crippen LogP contribution is 2.72. The lowest BCUT2D eigenvalue weighted by atomic mass is 9.39. The normalized spacial score (nSPS) is 43.4. The predicted molar refractivity (Wildman–Crippen MR) is 91.2 cm³/mol. The van der Waals surface area contributed by atoms with Gasteiger partial charge in [-0.3, -0.25) is 4.79 Å². The van der Waals surface area contributed by atoms with Crippen molar-refractivity contribution in [1.82, 2.24) is 0 Å². The van der Waals surface area contributed by atoms with Gasteiger partial charge in [-0.15, -0.1) is 0 Å². The number of hydrogen-bond donors (Lipinski definition) is 0. The van der Waals surface area contributed by atoms with Crippen molar-refractivity contribution in [3.8, 4) is 0 Å². The smallest absolute Gasteiger partial charge is 0.330 e. The van der Waals surface area contributed by atoms with Crippen molar-refractivity contribution >= 4 is 11.9 Å². The summed E-state index contributed by atoms with van der Waals surface area (Å²) in [6, 6.07) is 0. The van der Waals surface area contributed by atoms with Crippen LogP contribution in [0.2, 0.25) is 0 Å². The van der Waals surface area contributed by atoms with E-state index in [-0.39, 0.29) is 22.8 Å². The van der Waals surface area contributed by atoms with Gasteiger partial charge in [-0.2, -0.15) is 0 Å². The fourth-order valence-corrected chi connectivity index (χ4v) is 6.55. The van der Waals surface area contributed by atoms with Gasteiger partial charge in [0.15, 0.2) is 0 Å². The van der Waals surface area contributed by atoms with Crippen molar-refractivity contribution < 1.29 is 19.1 Å². The van der Waals surface area contributed by atoms with Crippen molar-refractivity contribution in [2.45, 2.75) is 84.3 Å². The average molecular weight is 334 g/mol. The van der Waals surface area contributed by atoms with Gasteiger partial charge in [0.1, 0.15) is 11.2 Å². The van der Waals surface area contributed by atoms with Crippen LogP contribution in [-0.2, 0) is 19.1 Å². The minimum atomic E-state index is -0.555. The zero-order valence-electron chi connectivity index (χ0n) is 15.7. The Bertz CT molecular complexity index is 579. The summed E-state index contributed by atoms with van der Waals surface area (Å²) in [6.07, 6.45) is 6.22. The van der Waals surface area contributed by atoms with Crippen molar-refractivity contribution in [1.29, 1.82) is 0 Å². The molecule has 0 aromatic carbocycles. The lowest BCUT2D eigenvalue weighted by Crippen LogP contribution is -2.66. The molecule has 4 saturated carbocycles. The van der Waals surface area contributed by atoms with E-state index in [2.05, 4.69) is 20.4 Å². The molecule has 0 radical (unpaired) electrons. The molecule has 4 aliphatic rings. The Morgan fingerprint density at radius 2 is 1.50 bits per heavy atom. The third-order valence-electron chi connectivity index (χ3n) is 5.86. The monoisotopic (exact) mass is 334 g/mol. The molecule has 0 aromatic rings. The molecule has 0 amide bonds. The van der Waals surface area contributed by atoms with E-state index in [0.717, 1.165) is 32.1 Å². The molecule has 4 rings (SSSR count). The van der Waals surface area contributed by atoms with Crippen molar-refractivity contribution in [2.24, 2.45) is 16.2 Å². The fraction of sp³-hybridized carbons (Fsp3) is 0.800. The van der Waals surface area contributed by atoms with Gasteiger partial charge in [0.2, 0.25) is 0 Å². The summed E-state index contributed by atoms with van der Waals surface area (Å²) in [7, 11) is 0. The van der Waals surface area contributed by atoms with Gasteiger partial charge in [-0.1, -0.05) is 20.4 Å². The second kappa shape index (κ2) is 4.86. The SMILES string of the molecule is C=CC(=O)OC12CC3(C)CC(C)(C1)CC(C(=O)OC(C)(C)C)(C3)C2. The molecule has 0 saturated heterocycles. The highest BCUT2D eigenvalue weighted by atomic mass is 16.6. The summed E-state index contributed by atoms with van der Waals surface area (Å²) in [5.74, 6) is -0.505. The topological polar surface area (TPSA) is 52.6 Å². The lowest BCUT2D eigenvalue weighted by molar-refractivity contribution is -0.246. The first kappa shape index (κ1) is 17.5. The van der Waals surface area contributed by atoms with Crippen LogP contribution in [0.25, 0.3) is 0 Å². The number of carbonyl (C=O) groups excluding carboxylic acids is 2. The first-order valence-corrected chi connectivity index (χ1v) is 8.91. The molecular formula is C20H30O4. The van der Waals surface area contributed by atoms with Gasteiger partial charge >= 0.3 is 11.9 Å². The van der Waals surface area contributed by atoms with Crippen LogP contribution in [-0.4, -0.2) is 23.1 Å². The van der Waals surface area contributed by atoms with E-state index in [1.807, 2.05) is 20.8 Å². The zero-order chi connectivity index (χ0) is 18.0. The highest BCUT2D eigenvalue weighted by Gasteiger charge is 2.70.